The standard InChI is InChI=1S/C24H22ClIN2O4/c1-2-31-21-13-17(14-27-28-24(30)22(29)18-6-4-3-5-7-18)12-20(26)23(21)32-15-16-8-10-19(25)11-9-16/h3-14,22,29H,2,15H2,1H3,(H,28,30)/b27-14-/t22-/m1/s1. The summed E-state index contributed by atoms with van der Waals surface area (Å²) in [6.45, 7) is 2.73. The van der Waals surface area contributed by atoms with Crippen molar-refractivity contribution in [1.82, 2.24) is 5.43 Å². The van der Waals surface area contributed by atoms with Crippen molar-refractivity contribution in [2.45, 2.75) is 19.6 Å². The Hall–Kier alpha value is -2.62. The molecule has 0 spiro atoms. The van der Waals surface area contributed by atoms with E-state index in [9.17, 15) is 9.90 Å². The Labute approximate surface area is 205 Å². The number of carbonyl (C=O) groups is 1. The van der Waals surface area contributed by atoms with Crippen LogP contribution in [0.4, 0.5) is 0 Å². The number of nitrogens with zero attached hydrogens (tertiary/aromatic N) is 1. The number of amides is 1. The third kappa shape index (κ3) is 6.69. The fraction of sp³-hybridized carbons (Fsp3) is 0.167. The molecule has 0 saturated carbocycles. The van der Waals surface area contributed by atoms with E-state index in [0.717, 1.165) is 9.13 Å². The Morgan fingerprint density at radius 3 is 2.56 bits per heavy atom. The van der Waals surface area contributed by atoms with E-state index in [-0.39, 0.29) is 0 Å². The molecule has 0 aromatic heterocycles. The third-order valence-corrected chi connectivity index (χ3v) is 5.43. The van der Waals surface area contributed by atoms with Gasteiger partial charge in [0.1, 0.15) is 6.61 Å². The monoisotopic (exact) mass is 564 g/mol. The molecule has 0 fully saturated rings. The van der Waals surface area contributed by atoms with Gasteiger partial charge in [0.15, 0.2) is 17.6 Å². The zero-order valence-corrected chi connectivity index (χ0v) is 20.2. The van der Waals surface area contributed by atoms with Gasteiger partial charge in [-0.3, -0.25) is 4.79 Å². The summed E-state index contributed by atoms with van der Waals surface area (Å²) in [6, 6.07) is 19.8. The molecule has 0 heterocycles. The van der Waals surface area contributed by atoms with Gasteiger partial charge in [-0.05, 0) is 70.5 Å². The SMILES string of the molecule is CCOc1cc(/C=N\NC(=O)[C@H](O)c2ccccc2)cc(I)c1OCc1ccc(Cl)cc1. The number of nitrogens with one attached hydrogen (secondary N) is 1. The van der Waals surface area contributed by atoms with Gasteiger partial charge in [-0.1, -0.05) is 54.1 Å². The van der Waals surface area contributed by atoms with Crippen LogP contribution in [0.3, 0.4) is 0 Å². The maximum Gasteiger partial charge on any atom is 0.273 e. The number of benzene rings is 3. The smallest absolute Gasteiger partial charge is 0.273 e. The largest absolute Gasteiger partial charge is 0.490 e. The molecular weight excluding hydrogens is 543 g/mol. The molecule has 1 atom stereocenters. The first kappa shape index (κ1) is 24.0. The molecule has 0 unspecified atom stereocenters. The van der Waals surface area contributed by atoms with Crippen LogP contribution in [0.15, 0.2) is 71.8 Å². The molecule has 1 amide bonds. The molecule has 0 aliphatic heterocycles. The van der Waals surface area contributed by atoms with Crippen LogP contribution >= 0.6 is 34.2 Å². The minimum absolute atomic E-state index is 0.369. The Bertz CT molecular complexity index is 1080. The normalized spacial score (nSPS) is 11.9. The van der Waals surface area contributed by atoms with Gasteiger partial charge in [-0.25, -0.2) is 5.43 Å². The van der Waals surface area contributed by atoms with Gasteiger partial charge in [0.05, 0.1) is 16.4 Å². The molecule has 6 nitrogen and oxygen atoms in total. The van der Waals surface area contributed by atoms with Gasteiger partial charge in [0.25, 0.3) is 5.91 Å². The number of hydrogen-bond donors (Lipinski definition) is 2. The molecule has 0 radical (unpaired) electrons. The fourth-order valence-electron chi connectivity index (χ4n) is 2.82. The van der Waals surface area contributed by atoms with Crippen molar-refractivity contribution in [2.75, 3.05) is 6.61 Å². The van der Waals surface area contributed by atoms with Crippen molar-refractivity contribution in [3.63, 3.8) is 0 Å². The summed E-state index contributed by atoms with van der Waals surface area (Å²) in [5, 5.41) is 14.8. The van der Waals surface area contributed by atoms with E-state index in [1.54, 1.807) is 30.3 Å². The first-order valence-corrected chi connectivity index (χ1v) is 11.3. The fourth-order valence-corrected chi connectivity index (χ4v) is 3.73. The van der Waals surface area contributed by atoms with E-state index in [1.165, 1.54) is 6.21 Å². The number of aliphatic hydroxyl groups excluding tert-OH is 1. The summed E-state index contributed by atoms with van der Waals surface area (Å²) in [7, 11) is 0. The highest BCUT2D eigenvalue weighted by molar-refractivity contribution is 14.1. The van der Waals surface area contributed by atoms with Gasteiger partial charge < -0.3 is 14.6 Å². The topological polar surface area (TPSA) is 80.2 Å². The molecule has 0 aliphatic rings. The van der Waals surface area contributed by atoms with Crippen LogP contribution in [0.5, 0.6) is 11.5 Å². The number of ether oxygens (including phenoxy) is 2. The number of hydrogen-bond acceptors (Lipinski definition) is 5. The molecule has 0 bridgehead atoms. The van der Waals surface area contributed by atoms with Gasteiger partial charge in [-0.15, -0.1) is 0 Å². The molecule has 2 N–H and O–H groups in total. The van der Waals surface area contributed by atoms with E-state index in [0.29, 0.717) is 40.9 Å². The Morgan fingerprint density at radius 1 is 1.16 bits per heavy atom. The lowest BCUT2D eigenvalue weighted by Crippen LogP contribution is -2.25. The lowest BCUT2D eigenvalue weighted by molar-refractivity contribution is -0.129. The highest BCUT2D eigenvalue weighted by atomic mass is 127. The molecule has 0 saturated heterocycles. The maximum atomic E-state index is 12.1. The van der Waals surface area contributed by atoms with Crippen molar-refractivity contribution in [3.8, 4) is 11.5 Å². The second kappa shape index (κ2) is 11.8. The van der Waals surface area contributed by atoms with Gasteiger partial charge in [-0.2, -0.15) is 5.10 Å². The minimum Gasteiger partial charge on any atom is -0.490 e. The van der Waals surface area contributed by atoms with Crippen LogP contribution < -0.4 is 14.9 Å². The van der Waals surface area contributed by atoms with E-state index >= 15 is 0 Å². The summed E-state index contributed by atoms with van der Waals surface area (Å²) >= 11 is 8.10. The second-order valence-corrected chi connectivity index (χ2v) is 8.32. The maximum absolute atomic E-state index is 12.1. The molecule has 3 aromatic carbocycles. The number of rotatable bonds is 9. The van der Waals surface area contributed by atoms with Crippen LogP contribution in [-0.4, -0.2) is 23.8 Å². The molecule has 0 aliphatic carbocycles. The minimum atomic E-state index is -1.30. The third-order valence-electron chi connectivity index (χ3n) is 4.38. The average molecular weight is 565 g/mol. The number of aliphatic hydroxyl groups is 1. The summed E-state index contributed by atoms with van der Waals surface area (Å²) in [5.41, 5.74) is 4.56. The van der Waals surface area contributed by atoms with E-state index < -0.39 is 12.0 Å². The summed E-state index contributed by atoms with van der Waals surface area (Å²) in [5.74, 6) is 0.587. The summed E-state index contributed by atoms with van der Waals surface area (Å²) in [4.78, 5) is 12.1. The summed E-state index contributed by atoms with van der Waals surface area (Å²) in [6.07, 6.45) is 0.194. The molecular formula is C24H22ClIN2O4. The first-order chi connectivity index (χ1) is 15.5. The average Bonchev–Trinajstić information content (AvgIpc) is 2.80. The zero-order chi connectivity index (χ0) is 22.9. The van der Waals surface area contributed by atoms with Crippen LogP contribution in [0.1, 0.15) is 29.7 Å². The van der Waals surface area contributed by atoms with Crippen molar-refractivity contribution >= 4 is 46.3 Å². The molecule has 32 heavy (non-hydrogen) atoms. The lowest BCUT2D eigenvalue weighted by Gasteiger charge is -2.15. The zero-order valence-electron chi connectivity index (χ0n) is 17.3. The quantitative estimate of drug-likeness (QED) is 0.215. The first-order valence-electron chi connectivity index (χ1n) is 9.87. The van der Waals surface area contributed by atoms with E-state index in [4.69, 9.17) is 21.1 Å². The van der Waals surface area contributed by atoms with Crippen molar-refractivity contribution in [2.24, 2.45) is 5.10 Å². The molecule has 3 rings (SSSR count). The lowest BCUT2D eigenvalue weighted by atomic mass is 10.1. The van der Waals surface area contributed by atoms with E-state index in [2.05, 4.69) is 33.1 Å². The van der Waals surface area contributed by atoms with Gasteiger partial charge >= 0.3 is 0 Å². The van der Waals surface area contributed by atoms with Crippen molar-refractivity contribution < 1.29 is 19.4 Å². The second-order valence-electron chi connectivity index (χ2n) is 6.73. The highest BCUT2D eigenvalue weighted by Gasteiger charge is 2.16. The van der Waals surface area contributed by atoms with Crippen LogP contribution in [0.2, 0.25) is 5.02 Å². The highest BCUT2D eigenvalue weighted by Crippen LogP contribution is 2.34. The van der Waals surface area contributed by atoms with Crippen LogP contribution in [-0.2, 0) is 11.4 Å². The number of carbonyl (C=O) groups excluding carboxylic acids is 1. The number of hydrazone groups is 1. The van der Waals surface area contributed by atoms with Crippen LogP contribution in [0.25, 0.3) is 0 Å². The molecule has 8 heteroatoms. The molecule has 3 aromatic rings. The van der Waals surface area contributed by atoms with Gasteiger partial charge in [0, 0.05) is 5.02 Å². The predicted octanol–water partition coefficient (Wildman–Crippen LogP) is 5.11. The van der Waals surface area contributed by atoms with Crippen molar-refractivity contribution in [1.29, 1.82) is 0 Å². The molecule has 166 valence electrons. The Kier molecular flexibility index (Phi) is 8.90. The Balaban J connectivity index is 1.69. The van der Waals surface area contributed by atoms with Crippen molar-refractivity contribution in [3.05, 3.63) is 92.0 Å². The predicted molar refractivity (Wildman–Crippen MR) is 133 cm³/mol. The Morgan fingerprint density at radius 2 is 1.88 bits per heavy atom. The number of halogens is 2. The van der Waals surface area contributed by atoms with Crippen LogP contribution in [0, 0.1) is 3.57 Å². The van der Waals surface area contributed by atoms with Gasteiger partial charge in [0.2, 0.25) is 0 Å². The van der Waals surface area contributed by atoms with E-state index in [1.807, 2.05) is 43.3 Å². The summed E-state index contributed by atoms with van der Waals surface area (Å²) < 4.78 is 12.6.